The summed E-state index contributed by atoms with van der Waals surface area (Å²) in [5.74, 6) is -1.44. The molecule has 36 heavy (non-hydrogen) atoms. The number of aromatic carboxylic acids is 1. The SMILES string of the molecule is C=C/C=C(\C(=C)C(=C)/C=C\C(=C)Cn1c(C)c(C)c2cc(C(=O)O)ccc21)C(=O)OC(C)(C)C.CC. The molecule has 0 aliphatic heterocycles. The summed E-state index contributed by atoms with van der Waals surface area (Å²) >= 11 is 0. The molecule has 0 bridgehead atoms. The topological polar surface area (TPSA) is 68.5 Å². The molecule has 192 valence electrons. The third-order valence-corrected chi connectivity index (χ3v) is 5.38. The van der Waals surface area contributed by atoms with Gasteiger partial charge < -0.3 is 14.4 Å². The summed E-state index contributed by atoms with van der Waals surface area (Å²) in [5.41, 5.74) is 4.73. The van der Waals surface area contributed by atoms with Crippen molar-refractivity contribution in [3.8, 4) is 0 Å². The molecule has 2 rings (SSSR count). The zero-order chi connectivity index (χ0) is 27.8. The number of allylic oxidation sites excluding steroid dienone is 6. The highest BCUT2D eigenvalue weighted by molar-refractivity contribution is 5.96. The number of carboxylic acids is 1. The summed E-state index contributed by atoms with van der Waals surface area (Å²) in [7, 11) is 0. The van der Waals surface area contributed by atoms with Gasteiger partial charge >= 0.3 is 11.9 Å². The number of carboxylic acid groups (broad SMARTS) is 1. The Kier molecular flexibility index (Phi) is 10.7. The smallest absolute Gasteiger partial charge is 0.339 e. The molecule has 1 N–H and O–H groups in total. The molecular formula is C31H39NO4. The lowest BCUT2D eigenvalue weighted by Crippen LogP contribution is -2.25. The highest BCUT2D eigenvalue weighted by Crippen LogP contribution is 2.28. The molecule has 0 saturated carbocycles. The van der Waals surface area contributed by atoms with Gasteiger partial charge in [-0.05, 0) is 81.2 Å². The van der Waals surface area contributed by atoms with Gasteiger partial charge in [-0.2, -0.15) is 0 Å². The van der Waals surface area contributed by atoms with E-state index in [0.29, 0.717) is 23.3 Å². The zero-order valence-corrected chi connectivity index (χ0v) is 22.7. The van der Waals surface area contributed by atoms with Crippen LogP contribution in [0.2, 0.25) is 0 Å². The van der Waals surface area contributed by atoms with Crippen molar-refractivity contribution in [1.82, 2.24) is 4.57 Å². The first kappa shape index (κ1) is 30.2. The number of carbonyl (C=O) groups is 2. The van der Waals surface area contributed by atoms with Crippen LogP contribution in [0.1, 0.15) is 56.2 Å². The summed E-state index contributed by atoms with van der Waals surface area (Å²) in [5, 5.41) is 10.2. The average molecular weight is 490 g/mol. The first-order chi connectivity index (χ1) is 16.8. The van der Waals surface area contributed by atoms with E-state index in [-0.39, 0.29) is 5.56 Å². The van der Waals surface area contributed by atoms with Gasteiger partial charge in [0.15, 0.2) is 0 Å². The second kappa shape index (κ2) is 12.7. The number of fused-ring (bicyclic) bond motifs is 1. The first-order valence-electron chi connectivity index (χ1n) is 11.9. The quantitative estimate of drug-likeness (QED) is 0.223. The van der Waals surface area contributed by atoms with E-state index in [9.17, 15) is 14.7 Å². The lowest BCUT2D eigenvalue weighted by Gasteiger charge is -2.21. The molecule has 0 fully saturated rings. The minimum Gasteiger partial charge on any atom is -0.478 e. The lowest BCUT2D eigenvalue weighted by molar-refractivity contribution is -0.149. The van der Waals surface area contributed by atoms with Crippen LogP contribution in [0.4, 0.5) is 0 Å². The summed E-state index contributed by atoms with van der Waals surface area (Å²) in [4.78, 5) is 23.9. The van der Waals surface area contributed by atoms with Crippen LogP contribution < -0.4 is 0 Å². The van der Waals surface area contributed by atoms with Crippen molar-refractivity contribution in [2.24, 2.45) is 0 Å². The van der Waals surface area contributed by atoms with Crippen molar-refractivity contribution in [3.63, 3.8) is 0 Å². The number of benzene rings is 1. The molecule has 0 atom stereocenters. The number of aryl methyl sites for hydroxylation is 1. The van der Waals surface area contributed by atoms with Gasteiger partial charge in [0, 0.05) is 23.1 Å². The van der Waals surface area contributed by atoms with Crippen LogP contribution >= 0.6 is 0 Å². The van der Waals surface area contributed by atoms with Crippen LogP contribution in [0.5, 0.6) is 0 Å². The predicted octanol–water partition coefficient (Wildman–Crippen LogP) is 7.66. The first-order valence-corrected chi connectivity index (χ1v) is 11.9. The monoisotopic (exact) mass is 489 g/mol. The predicted molar refractivity (Wildman–Crippen MR) is 150 cm³/mol. The van der Waals surface area contributed by atoms with Crippen LogP contribution in [0.15, 0.2) is 91.1 Å². The number of esters is 1. The number of hydrogen-bond acceptors (Lipinski definition) is 3. The number of carbonyl (C=O) groups excluding carboxylic acids is 1. The Hall–Kier alpha value is -3.86. The number of hydrogen-bond donors (Lipinski definition) is 1. The van der Waals surface area contributed by atoms with Gasteiger partial charge in [0.1, 0.15) is 5.60 Å². The lowest BCUT2D eigenvalue weighted by atomic mass is 9.99. The maximum atomic E-state index is 12.6. The van der Waals surface area contributed by atoms with E-state index in [0.717, 1.165) is 27.7 Å². The molecule has 5 heteroatoms. The molecule has 1 aromatic heterocycles. The molecule has 0 radical (unpaired) electrons. The van der Waals surface area contributed by atoms with Crippen molar-refractivity contribution in [2.75, 3.05) is 0 Å². The van der Waals surface area contributed by atoms with Crippen molar-refractivity contribution < 1.29 is 19.4 Å². The second-order valence-electron chi connectivity index (χ2n) is 9.15. The van der Waals surface area contributed by atoms with E-state index in [1.54, 1.807) is 45.1 Å². The van der Waals surface area contributed by atoms with Crippen molar-refractivity contribution in [2.45, 2.75) is 60.6 Å². The van der Waals surface area contributed by atoms with Gasteiger partial charge in [-0.15, -0.1) is 0 Å². The van der Waals surface area contributed by atoms with Crippen LogP contribution in [0.3, 0.4) is 0 Å². The maximum Gasteiger partial charge on any atom is 0.339 e. The van der Waals surface area contributed by atoms with Crippen molar-refractivity contribution in [3.05, 3.63) is 108 Å². The Labute approximate surface area is 215 Å². The highest BCUT2D eigenvalue weighted by atomic mass is 16.6. The summed E-state index contributed by atoms with van der Waals surface area (Å²) < 4.78 is 7.57. The Morgan fingerprint density at radius 2 is 1.69 bits per heavy atom. The fourth-order valence-electron chi connectivity index (χ4n) is 3.48. The maximum absolute atomic E-state index is 12.6. The standard InChI is InChI=1S/C29H33NO4.C2H6/c1-10-11-24(28(33)34-29(7,8)9)20(4)19(3)13-12-18(2)17-30-22(6)21(5)25-16-23(27(31)32)14-15-26(25)30;1-2/h10-16H,1-4,17H2,5-9H3,(H,31,32);1-2H3/b13-12-,24-11+;. The molecule has 1 aromatic carbocycles. The van der Waals surface area contributed by atoms with E-state index in [1.807, 2.05) is 39.8 Å². The van der Waals surface area contributed by atoms with Crippen LogP contribution in [-0.2, 0) is 16.1 Å². The number of nitrogens with zero attached hydrogens (tertiary/aromatic N) is 1. The molecule has 0 aliphatic rings. The normalized spacial score (nSPS) is 11.6. The molecule has 0 unspecified atom stereocenters. The Morgan fingerprint density at radius 3 is 2.22 bits per heavy atom. The number of ether oxygens (including phenoxy) is 1. The molecule has 0 spiro atoms. The molecule has 2 aromatic rings. The third kappa shape index (κ3) is 7.57. The zero-order valence-electron chi connectivity index (χ0n) is 22.7. The van der Waals surface area contributed by atoms with Gasteiger partial charge in [-0.25, -0.2) is 9.59 Å². The van der Waals surface area contributed by atoms with E-state index < -0.39 is 17.5 Å². The molecule has 1 heterocycles. The summed E-state index contributed by atoms with van der Waals surface area (Å²) in [6, 6.07) is 5.13. The largest absolute Gasteiger partial charge is 0.478 e. The van der Waals surface area contributed by atoms with Crippen LogP contribution in [-0.4, -0.2) is 27.2 Å². The number of aromatic nitrogens is 1. The Morgan fingerprint density at radius 1 is 1.08 bits per heavy atom. The highest BCUT2D eigenvalue weighted by Gasteiger charge is 2.22. The Bertz CT molecular complexity index is 1260. The Balaban J connectivity index is 0.00000316. The molecule has 0 saturated heterocycles. The molecule has 0 amide bonds. The van der Waals surface area contributed by atoms with Gasteiger partial charge in [-0.3, -0.25) is 0 Å². The third-order valence-electron chi connectivity index (χ3n) is 5.38. The van der Waals surface area contributed by atoms with E-state index in [2.05, 4.69) is 30.9 Å². The fourth-order valence-corrected chi connectivity index (χ4v) is 3.48. The van der Waals surface area contributed by atoms with E-state index in [4.69, 9.17) is 4.74 Å². The van der Waals surface area contributed by atoms with Gasteiger partial charge in [0.05, 0.1) is 11.1 Å². The van der Waals surface area contributed by atoms with Gasteiger partial charge in [0.25, 0.3) is 0 Å². The molecule has 0 aliphatic carbocycles. The van der Waals surface area contributed by atoms with Crippen molar-refractivity contribution >= 4 is 22.8 Å². The minimum absolute atomic E-state index is 0.259. The summed E-state index contributed by atoms with van der Waals surface area (Å²) in [6.07, 6.45) is 6.68. The van der Waals surface area contributed by atoms with Crippen LogP contribution in [0.25, 0.3) is 10.9 Å². The number of rotatable bonds is 9. The van der Waals surface area contributed by atoms with Gasteiger partial charge in [0.2, 0.25) is 0 Å². The summed E-state index contributed by atoms with van der Waals surface area (Å²) in [6.45, 7) is 29.8. The molecule has 5 nitrogen and oxygen atoms in total. The van der Waals surface area contributed by atoms with E-state index >= 15 is 0 Å². The average Bonchev–Trinajstić information content (AvgIpc) is 3.04. The van der Waals surface area contributed by atoms with Gasteiger partial charge in [-0.1, -0.05) is 58.4 Å². The van der Waals surface area contributed by atoms with Crippen molar-refractivity contribution in [1.29, 1.82) is 0 Å². The fraction of sp³-hybridized carbons (Fsp3) is 0.290. The minimum atomic E-state index is -0.950. The van der Waals surface area contributed by atoms with Crippen LogP contribution in [0, 0.1) is 13.8 Å². The molecular weight excluding hydrogens is 450 g/mol. The second-order valence-corrected chi connectivity index (χ2v) is 9.15. The van der Waals surface area contributed by atoms with E-state index in [1.165, 1.54) is 6.08 Å².